The highest BCUT2D eigenvalue weighted by atomic mass is 16.2. The van der Waals surface area contributed by atoms with Gasteiger partial charge in [0.15, 0.2) is 0 Å². The largest absolute Gasteiger partial charge is 0.399 e. The Morgan fingerprint density at radius 1 is 1.38 bits per heavy atom. The van der Waals surface area contributed by atoms with Crippen molar-refractivity contribution in [3.05, 3.63) is 24.3 Å². The van der Waals surface area contributed by atoms with E-state index in [1.807, 2.05) is 19.1 Å². The van der Waals surface area contributed by atoms with Gasteiger partial charge in [-0.1, -0.05) is 0 Å². The van der Waals surface area contributed by atoms with Gasteiger partial charge in [0.05, 0.1) is 6.04 Å². The molecule has 2 unspecified atom stereocenters. The third-order valence-corrected chi connectivity index (χ3v) is 4.26. The van der Waals surface area contributed by atoms with Gasteiger partial charge in [-0.05, 0) is 64.7 Å². The van der Waals surface area contributed by atoms with Crippen molar-refractivity contribution >= 4 is 17.3 Å². The number of amides is 1. The highest BCUT2D eigenvalue weighted by Gasteiger charge is 2.28. The molecular weight excluding hydrogens is 264 g/mol. The smallest absolute Gasteiger partial charge is 0.241 e. The molecular formula is C16H26N4O. The number of carbonyl (C=O) groups is 1. The first-order valence-electron chi connectivity index (χ1n) is 7.54. The van der Waals surface area contributed by atoms with Crippen molar-refractivity contribution in [1.29, 1.82) is 0 Å². The molecule has 5 nitrogen and oxygen atoms in total. The maximum absolute atomic E-state index is 12.4. The van der Waals surface area contributed by atoms with E-state index >= 15 is 0 Å². The summed E-state index contributed by atoms with van der Waals surface area (Å²) in [5.41, 5.74) is 7.15. The highest BCUT2D eigenvalue weighted by Crippen LogP contribution is 2.17. The van der Waals surface area contributed by atoms with Gasteiger partial charge >= 0.3 is 0 Å². The number of likely N-dealkylation sites (N-methyl/N-ethyl adjacent to an activating group) is 1. The van der Waals surface area contributed by atoms with Crippen LogP contribution in [-0.4, -0.2) is 55.0 Å². The van der Waals surface area contributed by atoms with Crippen LogP contribution in [0.2, 0.25) is 0 Å². The number of piperidine rings is 1. The molecule has 0 bridgehead atoms. The van der Waals surface area contributed by atoms with Gasteiger partial charge in [0, 0.05) is 24.0 Å². The fourth-order valence-corrected chi connectivity index (χ4v) is 2.74. The lowest BCUT2D eigenvalue weighted by atomic mass is 10.0. The van der Waals surface area contributed by atoms with E-state index in [0.29, 0.717) is 11.7 Å². The normalized spacial score (nSPS) is 21.2. The Morgan fingerprint density at radius 3 is 2.67 bits per heavy atom. The van der Waals surface area contributed by atoms with E-state index < -0.39 is 0 Å². The predicted molar refractivity (Wildman–Crippen MR) is 87.2 cm³/mol. The first kappa shape index (κ1) is 15.8. The topological polar surface area (TPSA) is 61.6 Å². The van der Waals surface area contributed by atoms with Crippen LogP contribution in [0.5, 0.6) is 0 Å². The van der Waals surface area contributed by atoms with Gasteiger partial charge in [-0.15, -0.1) is 0 Å². The van der Waals surface area contributed by atoms with E-state index in [1.165, 1.54) is 6.42 Å². The highest BCUT2D eigenvalue weighted by molar-refractivity contribution is 5.94. The summed E-state index contributed by atoms with van der Waals surface area (Å²) in [6.07, 6.45) is 2.35. The molecule has 3 N–H and O–H groups in total. The number of hydrogen-bond acceptors (Lipinski definition) is 4. The Labute approximate surface area is 127 Å². The molecule has 1 fully saturated rings. The van der Waals surface area contributed by atoms with Crippen molar-refractivity contribution in [2.45, 2.75) is 31.8 Å². The summed E-state index contributed by atoms with van der Waals surface area (Å²) in [5.74, 6) is 0.0409. The predicted octanol–water partition coefficient (Wildman–Crippen LogP) is 1.62. The van der Waals surface area contributed by atoms with Crippen molar-refractivity contribution in [2.75, 3.05) is 38.2 Å². The van der Waals surface area contributed by atoms with Gasteiger partial charge in [-0.3, -0.25) is 9.69 Å². The van der Waals surface area contributed by atoms with E-state index in [0.717, 1.165) is 25.2 Å². The fraction of sp³-hybridized carbons (Fsp3) is 0.562. The van der Waals surface area contributed by atoms with Crippen molar-refractivity contribution in [3.63, 3.8) is 0 Å². The second kappa shape index (κ2) is 6.91. The molecule has 0 radical (unpaired) electrons. The molecule has 0 aliphatic carbocycles. The zero-order chi connectivity index (χ0) is 15.4. The molecule has 1 heterocycles. The van der Waals surface area contributed by atoms with E-state index in [-0.39, 0.29) is 11.9 Å². The lowest BCUT2D eigenvalue weighted by Gasteiger charge is -2.38. The quantitative estimate of drug-likeness (QED) is 0.827. The van der Waals surface area contributed by atoms with Gasteiger partial charge in [0.1, 0.15) is 0 Å². The number of anilines is 2. The molecule has 1 amide bonds. The van der Waals surface area contributed by atoms with E-state index in [4.69, 9.17) is 5.73 Å². The standard InChI is InChI=1S/C16H26N4O/c1-12(20-10-4-5-15(11-20)19(2)3)16(21)18-14-8-6-13(17)7-9-14/h6-9,12,15H,4-5,10-11,17H2,1-3H3,(H,18,21). The summed E-state index contributed by atoms with van der Waals surface area (Å²) in [4.78, 5) is 16.9. The number of carbonyl (C=O) groups excluding carboxylic acids is 1. The lowest BCUT2D eigenvalue weighted by molar-refractivity contribution is -0.121. The molecule has 0 saturated carbocycles. The maximum Gasteiger partial charge on any atom is 0.241 e. The molecule has 0 spiro atoms. The third-order valence-electron chi connectivity index (χ3n) is 4.26. The number of rotatable bonds is 4. The van der Waals surface area contributed by atoms with Gasteiger partial charge in [-0.25, -0.2) is 0 Å². The van der Waals surface area contributed by atoms with Crippen LogP contribution in [0.15, 0.2) is 24.3 Å². The molecule has 2 atom stereocenters. The molecule has 21 heavy (non-hydrogen) atoms. The van der Waals surface area contributed by atoms with Crippen molar-refractivity contribution in [3.8, 4) is 0 Å². The van der Waals surface area contributed by atoms with E-state index in [9.17, 15) is 4.79 Å². The average Bonchev–Trinajstić information content (AvgIpc) is 2.49. The number of nitrogens with one attached hydrogen (secondary N) is 1. The second-order valence-corrected chi connectivity index (χ2v) is 6.04. The van der Waals surface area contributed by atoms with Gasteiger partial charge in [0.2, 0.25) is 5.91 Å². The van der Waals surface area contributed by atoms with Crippen LogP contribution in [0.1, 0.15) is 19.8 Å². The molecule has 1 aliphatic rings. The van der Waals surface area contributed by atoms with Gasteiger partial charge < -0.3 is 16.0 Å². The number of nitrogen functional groups attached to an aromatic ring is 1. The number of benzene rings is 1. The third kappa shape index (κ3) is 4.19. The van der Waals surface area contributed by atoms with Crippen LogP contribution in [-0.2, 0) is 4.79 Å². The molecule has 1 saturated heterocycles. The Morgan fingerprint density at radius 2 is 2.05 bits per heavy atom. The Balaban J connectivity index is 1.93. The van der Waals surface area contributed by atoms with E-state index in [2.05, 4.69) is 29.2 Å². The van der Waals surface area contributed by atoms with Crippen LogP contribution >= 0.6 is 0 Å². The van der Waals surface area contributed by atoms with Crippen molar-refractivity contribution in [1.82, 2.24) is 9.80 Å². The zero-order valence-corrected chi connectivity index (χ0v) is 13.2. The van der Waals surface area contributed by atoms with Gasteiger partial charge in [-0.2, -0.15) is 0 Å². The van der Waals surface area contributed by atoms with Crippen molar-refractivity contribution < 1.29 is 4.79 Å². The molecule has 0 aromatic heterocycles. The number of likely N-dealkylation sites (tertiary alicyclic amines) is 1. The molecule has 1 aromatic carbocycles. The minimum atomic E-state index is -0.120. The summed E-state index contributed by atoms with van der Waals surface area (Å²) in [6.45, 7) is 3.91. The molecule has 2 rings (SSSR count). The first-order valence-corrected chi connectivity index (χ1v) is 7.54. The SMILES string of the molecule is CC(C(=O)Nc1ccc(N)cc1)N1CCCC(N(C)C)C1. The monoisotopic (exact) mass is 290 g/mol. The number of nitrogens with two attached hydrogens (primary N) is 1. The lowest BCUT2D eigenvalue weighted by Crippen LogP contribution is -2.51. The zero-order valence-electron chi connectivity index (χ0n) is 13.2. The summed E-state index contributed by atoms with van der Waals surface area (Å²) < 4.78 is 0. The summed E-state index contributed by atoms with van der Waals surface area (Å²) >= 11 is 0. The van der Waals surface area contributed by atoms with E-state index in [1.54, 1.807) is 12.1 Å². The van der Waals surface area contributed by atoms with Gasteiger partial charge in [0.25, 0.3) is 0 Å². The maximum atomic E-state index is 12.4. The Hall–Kier alpha value is -1.59. The van der Waals surface area contributed by atoms with Crippen LogP contribution in [0.25, 0.3) is 0 Å². The minimum absolute atomic E-state index is 0.0409. The number of hydrogen-bond donors (Lipinski definition) is 2. The second-order valence-electron chi connectivity index (χ2n) is 6.04. The number of nitrogens with zero attached hydrogens (tertiary/aromatic N) is 2. The molecule has 1 aliphatic heterocycles. The fourth-order valence-electron chi connectivity index (χ4n) is 2.74. The van der Waals surface area contributed by atoms with Crippen molar-refractivity contribution in [2.24, 2.45) is 0 Å². The van der Waals surface area contributed by atoms with Crippen LogP contribution < -0.4 is 11.1 Å². The molecule has 116 valence electrons. The molecule has 1 aromatic rings. The average molecular weight is 290 g/mol. The Bertz CT molecular complexity index is 472. The first-order chi connectivity index (χ1) is 9.97. The van der Waals surface area contributed by atoms with Crippen LogP contribution in [0, 0.1) is 0 Å². The minimum Gasteiger partial charge on any atom is -0.399 e. The molecule has 5 heteroatoms. The summed E-state index contributed by atoms with van der Waals surface area (Å²) in [6, 6.07) is 7.67. The van der Waals surface area contributed by atoms with Crippen LogP contribution in [0.3, 0.4) is 0 Å². The van der Waals surface area contributed by atoms with Crippen LogP contribution in [0.4, 0.5) is 11.4 Å². The Kier molecular flexibility index (Phi) is 5.20. The summed E-state index contributed by atoms with van der Waals surface area (Å²) in [7, 11) is 4.21. The summed E-state index contributed by atoms with van der Waals surface area (Å²) in [5, 5.41) is 2.96.